The summed E-state index contributed by atoms with van der Waals surface area (Å²) in [5.74, 6) is -5.10. The Morgan fingerprint density at radius 1 is 1.18 bits per heavy atom. The normalized spacial score (nSPS) is 15.0. The van der Waals surface area contributed by atoms with Gasteiger partial charge in [0.1, 0.15) is 30.1 Å². The molecular formula is C14H13F2NO5. The van der Waals surface area contributed by atoms with Crippen LogP contribution in [0, 0.1) is 17.6 Å². The van der Waals surface area contributed by atoms with Crippen molar-refractivity contribution in [3.8, 4) is 0 Å². The minimum absolute atomic E-state index is 0.185. The number of halogens is 2. The molecule has 1 aromatic carbocycles. The number of carbonyl (C=O) groups is 2. The maximum absolute atomic E-state index is 13.0. The van der Waals surface area contributed by atoms with Crippen LogP contribution in [0.15, 0.2) is 30.7 Å². The molecule has 8 heteroatoms. The zero-order valence-corrected chi connectivity index (χ0v) is 11.3. The molecule has 1 atom stereocenters. The molecule has 6 nitrogen and oxygen atoms in total. The number of carboxylic acids is 1. The van der Waals surface area contributed by atoms with Gasteiger partial charge in [0.2, 0.25) is 12.2 Å². The van der Waals surface area contributed by atoms with Crippen LogP contribution in [-0.4, -0.2) is 23.3 Å². The van der Waals surface area contributed by atoms with Gasteiger partial charge in [-0.3, -0.25) is 9.59 Å². The van der Waals surface area contributed by atoms with Crippen molar-refractivity contribution in [2.24, 2.45) is 5.92 Å². The van der Waals surface area contributed by atoms with Crippen LogP contribution in [0.4, 0.5) is 8.78 Å². The van der Waals surface area contributed by atoms with Crippen LogP contribution in [0.5, 0.6) is 0 Å². The molecule has 118 valence electrons. The first-order valence-electron chi connectivity index (χ1n) is 6.37. The number of hydrogen-bond acceptors (Lipinski definition) is 4. The number of benzene rings is 1. The Hall–Kier alpha value is -2.64. The molecule has 1 aromatic rings. The lowest BCUT2D eigenvalue weighted by atomic mass is 10.0. The van der Waals surface area contributed by atoms with E-state index in [0.29, 0.717) is 6.07 Å². The molecule has 0 saturated heterocycles. The minimum Gasteiger partial charge on any atom is -0.481 e. The fourth-order valence-corrected chi connectivity index (χ4v) is 1.92. The van der Waals surface area contributed by atoms with Crippen molar-refractivity contribution < 1.29 is 33.0 Å². The monoisotopic (exact) mass is 313 g/mol. The van der Waals surface area contributed by atoms with Gasteiger partial charge in [-0.05, 0) is 17.7 Å². The van der Waals surface area contributed by atoms with E-state index < -0.39 is 35.7 Å². The van der Waals surface area contributed by atoms with Crippen molar-refractivity contribution in [3.05, 3.63) is 47.9 Å². The first kappa shape index (κ1) is 15.7. The van der Waals surface area contributed by atoms with Gasteiger partial charge in [-0.15, -0.1) is 0 Å². The average Bonchev–Trinajstić information content (AvgIpc) is 2.94. The predicted molar refractivity (Wildman–Crippen MR) is 69.0 cm³/mol. The van der Waals surface area contributed by atoms with E-state index in [2.05, 4.69) is 5.32 Å². The fourth-order valence-electron chi connectivity index (χ4n) is 1.92. The van der Waals surface area contributed by atoms with E-state index in [-0.39, 0.29) is 18.5 Å². The Labute approximate surface area is 124 Å². The number of amides is 1. The van der Waals surface area contributed by atoms with Gasteiger partial charge in [-0.2, -0.15) is 0 Å². The van der Waals surface area contributed by atoms with Crippen molar-refractivity contribution in [2.45, 2.75) is 19.3 Å². The van der Waals surface area contributed by atoms with Gasteiger partial charge in [0.15, 0.2) is 0 Å². The van der Waals surface area contributed by atoms with Gasteiger partial charge in [-0.25, -0.2) is 8.78 Å². The largest absolute Gasteiger partial charge is 0.481 e. The summed E-state index contributed by atoms with van der Waals surface area (Å²) in [6, 6.07) is 2.80. The predicted octanol–water partition coefficient (Wildman–Crippen LogP) is 1.52. The number of carboxylic acid groups (broad SMARTS) is 1. The van der Waals surface area contributed by atoms with E-state index in [0.717, 1.165) is 12.1 Å². The lowest BCUT2D eigenvalue weighted by molar-refractivity contribution is -0.151. The Balaban J connectivity index is 1.94. The Morgan fingerprint density at radius 3 is 2.32 bits per heavy atom. The third kappa shape index (κ3) is 4.18. The van der Waals surface area contributed by atoms with E-state index in [1.807, 2.05) is 0 Å². The van der Waals surface area contributed by atoms with Gasteiger partial charge in [0, 0.05) is 19.0 Å². The molecule has 22 heavy (non-hydrogen) atoms. The van der Waals surface area contributed by atoms with Crippen molar-refractivity contribution in [3.63, 3.8) is 0 Å². The number of carbonyl (C=O) groups excluding carboxylic acids is 1. The third-order valence-electron chi connectivity index (χ3n) is 2.95. The molecule has 1 aliphatic heterocycles. The second-order valence-electron chi connectivity index (χ2n) is 4.60. The van der Waals surface area contributed by atoms with Gasteiger partial charge < -0.3 is 19.9 Å². The van der Waals surface area contributed by atoms with Crippen LogP contribution in [0.1, 0.15) is 12.0 Å². The van der Waals surface area contributed by atoms with Crippen molar-refractivity contribution in [1.82, 2.24) is 5.32 Å². The number of hydrogen-bond donors (Lipinski definition) is 2. The summed E-state index contributed by atoms with van der Waals surface area (Å²) in [6.45, 7) is -0.193. The first-order valence-corrected chi connectivity index (χ1v) is 6.37. The Morgan fingerprint density at radius 2 is 1.77 bits per heavy atom. The van der Waals surface area contributed by atoms with Crippen LogP contribution >= 0.6 is 0 Å². The molecule has 2 rings (SSSR count). The van der Waals surface area contributed by atoms with Crippen molar-refractivity contribution in [2.75, 3.05) is 0 Å². The summed E-state index contributed by atoms with van der Waals surface area (Å²) in [5, 5.41) is 11.4. The molecule has 1 aliphatic rings. The maximum Gasteiger partial charge on any atom is 0.316 e. The number of rotatable bonds is 6. The molecule has 1 heterocycles. The Kier molecular flexibility index (Phi) is 4.92. The third-order valence-corrected chi connectivity index (χ3v) is 2.95. The second kappa shape index (κ2) is 6.88. The molecule has 0 saturated carbocycles. The molecule has 0 radical (unpaired) electrons. The first-order chi connectivity index (χ1) is 10.5. The van der Waals surface area contributed by atoms with Crippen molar-refractivity contribution in [1.29, 1.82) is 0 Å². The quantitative estimate of drug-likeness (QED) is 0.778. The molecule has 1 unspecified atom stereocenters. The zero-order valence-electron chi connectivity index (χ0n) is 11.3. The molecule has 1 amide bonds. The number of aliphatic carboxylic acids is 1. The number of nitrogens with one attached hydrogen (secondary N) is 1. The molecule has 0 aromatic heterocycles. The summed E-state index contributed by atoms with van der Waals surface area (Å²) in [7, 11) is 0. The summed E-state index contributed by atoms with van der Waals surface area (Å²) in [4.78, 5) is 23.0. The van der Waals surface area contributed by atoms with E-state index in [1.165, 1.54) is 12.5 Å². The Bertz CT molecular complexity index is 577. The van der Waals surface area contributed by atoms with Crippen LogP contribution in [0.3, 0.4) is 0 Å². The molecule has 0 spiro atoms. The summed E-state index contributed by atoms with van der Waals surface area (Å²) < 4.78 is 35.9. The summed E-state index contributed by atoms with van der Waals surface area (Å²) in [6.07, 6.45) is 1.46. The highest BCUT2D eigenvalue weighted by Crippen LogP contribution is 2.16. The van der Waals surface area contributed by atoms with Gasteiger partial charge in [0.05, 0.1) is 0 Å². The van der Waals surface area contributed by atoms with Gasteiger partial charge in [0.25, 0.3) is 0 Å². The SMILES string of the molecule is O=C(O)C(CC1OC=CO1)C(=O)NCc1cc(F)cc(F)c1. The highest BCUT2D eigenvalue weighted by atomic mass is 19.1. The summed E-state index contributed by atoms with van der Waals surface area (Å²) in [5.41, 5.74) is 0.185. The highest BCUT2D eigenvalue weighted by Gasteiger charge is 2.31. The lowest BCUT2D eigenvalue weighted by Crippen LogP contribution is -2.37. The van der Waals surface area contributed by atoms with E-state index >= 15 is 0 Å². The standard InChI is InChI=1S/C14H13F2NO5/c15-9-3-8(4-10(16)5-9)7-17-13(18)11(14(19)20)6-12-21-1-2-22-12/h1-5,11-12H,6-7H2,(H,17,18)(H,19,20). The van der Waals surface area contributed by atoms with E-state index in [9.17, 15) is 18.4 Å². The average molecular weight is 313 g/mol. The topological polar surface area (TPSA) is 84.9 Å². The van der Waals surface area contributed by atoms with Gasteiger partial charge >= 0.3 is 5.97 Å². The molecule has 2 N–H and O–H groups in total. The second-order valence-corrected chi connectivity index (χ2v) is 4.60. The highest BCUT2D eigenvalue weighted by molar-refractivity contribution is 5.96. The van der Waals surface area contributed by atoms with Crippen LogP contribution in [0.25, 0.3) is 0 Å². The number of ether oxygens (including phenoxy) is 2. The smallest absolute Gasteiger partial charge is 0.316 e. The molecule has 0 aliphatic carbocycles. The van der Waals surface area contributed by atoms with Crippen LogP contribution in [0.2, 0.25) is 0 Å². The zero-order chi connectivity index (χ0) is 16.1. The summed E-state index contributed by atoms with van der Waals surface area (Å²) >= 11 is 0. The van der Waals surface area contributed by atoms with Crippen molar-refractivity contribution >= 4 is 11.9 Å². The molecule has 0 fully saturated rings. The van der Waals surface area contributed by atoms with Crippen LogP contribution in [-0.2, 0) is 25.6 Å². The van der Waals surface area contributed by atoms with Crippen LogP contribution < -0.4 is 5.32 Å². The molecule has 0 bridgehead atoms. The fraction of sp³-hybridized carbons (Fsp3) is 0.286. The molecular weight excluding hydrogens is 300 g/mol. The minimum atomic E-state index is -1.40. The van der Waals surface area contributed by atoms with E-state index in [4.69, 9.17) is 14.6 Å². The van der Waals surface area contributed by atoms with E-state index in [1.54, 1.807) is 0 Å². The lowest BCUT2D eigenvalue weighted by Gasteiger charge is -2.16. The van der Waals surface area contributed by atoms with Gasteiger partial charge in [-0.1, -0.05) is 0 Å². The maximum atomic E-state index is 13.0.